The molecule has 3 aliphatic rings. The molecular weight excluding hydrogens is 619 g/mol. The molecule has 8 heteroatoms. The number of aliphatic hydroxyl groups excluding tert-OH is 1. The second kappa shape index (κ2) is 14.1. The standard InChI is InChI=1S/C40H49NO6Si/c1-6-13-27(22-29-19-20-30(24-42)47-29)18-21-35-36-28(23-33-37(34(36)26-45-35)39(44)41(5)38(33)43)25-46-48(40(2,3)4,31-14-9-7-10-15-31)32-16-11-8-12-17-32/h7-12,14-17,19-20,22,33-35,37,42H,6,13,18,21,23-26H2,1-5H3/b27-22+/t33-,34+,35-,37-/m1/s1. The number of ether oxygens (including phenoxy) is 1. The lowest BCUT2D eigenvalue weighted by Crippen LogP contribution is -2.66. The summed E-state index contributed by atoms with van der Waals surface area (Å²) in [4.78, 5) is 28.2. The smallest absolute Gasteiger partial charge is 0.261 e. The third kappa shape index (κ3) is 6.31. The Morgan fingerprint density at radius 2 is 1.62 bits per heavy atom. The Balaban J connectivity index is 1.37. The van der Waals surface area contributed by atoms with Gasteiger partial charge in [0.05, 0.1) is 31.2 Å². The van der Waals surface area contributed by atoms with E-state index in [4.69, 9.17) is 13.6 Å². The van der Waals surface area contributed by atoms with Crippen molar-refractivity contribution in [2.75, 3.05) is 20.3 Å². The van der Waals surface area contributed by atoms with Crippen molar-refractivity contribution in [1.29, 1.82) is 0 Å². The molecule has 1 aromatic heterocycles. The zero-order valence-corrected chi connectivity index (χ0v) is 29.9. The maximum atomic E-state index is 13.5. The van der Waals surface area contributed by atoms with E-state index in [-0.39, 0.29) is 47.3 Å². The molecule has 2 fully saturated rings. The quantitative estimate of drug-likeness (QED) is 0.139. The third-order valence-corrected chi connectivity index (χ3v) is 15.6. The normalized spacial score (nSPS) is 23.2. The molecule has 0 unspecified atom stereocenters. The van der Waals surface area contributed by atoms with Gasteiger partial charge in [0, 0.05) is 13.0 Å². The lowest BCUT2D eigenvalue weighted by atomic mass is 9.69. The van der Waals surface area contributed by atoms with Crippen LogP contribution in [-0.2, 0) is 25.4 Å². The third-order valence-electron chi connectivity index (χ3n) is 10.6. The van der Waals surface area contributed by atoms with Crippen LogP contribution < -0.4 is 10.4 Å². The van der Waals surface area contributed by atoms with Crippen LogP contribution in [0.1, 0.15) is 71.3 Å². The predicted molar refractivity (Wildman–Crippen MR) is 190 cm³/mol. The summed E-state index contributed by atoms with van der Waals surface area (Å²) < 4.78 is 19.8. The van der Waals surface area contributed by atoms with Crippen LogP contribution in [0, 0.1) is 17.8 Å². The summed E-state index contributed by atoms with van der Waals surface area (Å²) >= 11 is 0. The average Bonchev–Trinajstić information content (AvgIpc) is 3.78. The number of allylic oxidation sites excluding steroid dienone is 1. The van der Waals surface area contributed by atoms with E-state index in [0.29, 0.717) is 25.4 Å². The number of carbonyl (C=O) groups is 2. The van der Waals surface area contributed by atoms with Crippen molar-refractivity contribution in [3.05, 3.63) is 101 Å². The minimum atomic E-state index is -2.84. The molecule has 0 spiro atoms. The minimum Gasteiger partial charge on any atom is -0.459 e. The zero-order chi connectivity index (χ0) is 34.1. The number of amides is 2. The van der Waals surface area contributed by atoms with Gasteiger partial charge in [-0.2, -0.15) is 0 Å². The van der Waals surface area contributed by atoms with Crippen molar-refractivity contribution in [3.63, 3.8) is 0 Å². The van der Waals surface area contributed by atoms with Crippen LogP contribution >= 0.6 is 0 Å². The second-order valence-corrected chi connectivity index (χ2v) is 18.9. The number of aliphatic hydroxyl groups is 1. The fourth-order valence-corrected chi connectivity index (χ4v) is 12.9. The molecule has 3 aromatic rings. The average molecular weight is 668 g/mol. The van der Waals surface area contributed by atoms with Gasteiger partial charge in [0.2, 0.25) is 11.8 Å². The fraction of sp³-hybridized carbons (Fsp3) is 0.450. The number of rotatable bonds is 12. The predicted octanol–water partition coefficient (Wildman–Crippen LogP) is 6.26. The summed E-state index contributed by atoms with van der Waals surface area (Å²) in [5.41, 5.74) is 3.55. The lowest BCUT2D eigenvalue weighted by Gasteiger charge is -2.44. The molecule has 0 radical (unpaired) electrons. The summed E-state index contributed by atoms with van der Waals surface area (Å²) in [7, 11) is -1.22. The number of nitrogens with zero attached hydrogens (tertiary/aromatic N) is 1. The molecule has 3 heterocycles. The van der Waals surface area contributed by atoms with Crippen molar-refractivity contribution >= 4 is 36.6 Å². The highest BCUT2D eigenvalue weighted by atomic mass is 28.4. The fourth-order valence-electron chi connectivity index (χ4n) is 8.39. The van der Waals surface area contributed by atoms with E-state index in [9.17, 15) is 14.7 Å². The first-order chi connectivity index (χ1) is 23.1. The molecule has 254 valence electrons. The van der Waals surface area contributed by atoms with Crippen LogP contribution in [0.3, 0.4) is 0 Å². The summed E-state index contributed by atoms with van der Waals surface area (Å²) in [6.45, 7) is 9.69. The highest BCUT2D eigenvalue weighted by molar-refractivity contribution is 6.99. The largest absolute Gasteiger partial charge is 0.459 e. The van der Waals surface area contributed by atoms with E-state index in [0.717, 1.165) is 37.0 Å². The van der Waals surface area contributed by atoms with Crippen LogP contribution in [-0.4, -0.2) is 56.5 Å². The Hall–Kier alpha value is -3.56. The molecule has 2 saturated heterocycles. The van der Waals surface area contributed by atoms with Gasteiger partial charge >= 0.3 is 0 Å². The van der Waals surface area contributed by atoms with E-state index >= 15 is 0 Å². The first-order valence-corrected chi connectivity index (χ1v) is 19.3. The number of furan rings is 1. The van der Waals surface area contributed by atoms with Crippen molar-refractivity contribution in [2.24, 2.45) is 17.8 Å². The van der Waals surface area contributed by atoms with Gasteiger partial charge in [-0.25, -0.2) is 0 Å². The van der Waals surface area contributed by atoms with Crippen LogP contribution in [0.5, 0.6) is 0 Å². The highest BCUT2D eigenvalue weighted by Crippen LogP contribution is 2.50. The molecule has 1 N–H and O–H groups in total. The van der Waals surface area contributed by atoms with Crippen LogP contribution in [0.2, 0.25) is 5.04 Å². The van der Waals surface area contributed by atoms with E-state index in [2.05, 4.69) is 82.3 Å². The molecule has 48 heavy (non-hydrogen) atoms. The van der Waals surface area contributed by atoms with Crippen LogP contribution in [0.15, 0.2) is 93.9 Å². The minimum absolute atomic E-state index is 0.0900. The topological polar surface area (TPSA) is 89.2 Å². The molecule has 1 aliphatic carbocycles. The first-order valence-electron chi connectivity index (χ1n) is 17.4. The molecule has 0 saturated carbocycles. The summed E-state index contributed by atoms with van der Waals surface area (Å²) in [6.07, 6.45) is 5.94. The number of hydrogen-bond acceptors (Lipinski definition) is 6. The maximum absolute atomic E-state index is 13.5. The highest BCUT2D eigenvalue weighted by Gasteiger charge is 2.57. The van der Waals surface area contributed by atoms with Crippen molar-refractivity contribution in [3.8, 4) is 0 Å². The number of fused-ring (bicyclic) bond motifs is 3. The van der Waals surface area contributed by atoms with Crippen molar-refractivity contribution in [1.82, 2.24) is 4.90 Å². The molecule has 0 bridgehead atoms. The number of likely N-dealkylation sites (tertiary alicyclic amines) is 1. The number of carbonyl (C=O) groups excluding carboxylic acids is 2. The molecular formula is C40H49NO6Si. The summed E-state index contributed by atoms with van der Waals surface area (Å²) in [6, 6.07) is 24.9. The van der Waals surface area contributed by atoms with Crippen LogP contribution in [0.4, 0.5) is 0 Å². The maximum Gasteiger partial charge on any atom is 0.261 e. The van der Waals surface area contributed by atoms with Crippen LogP contribution in [0.25, 0.3) is 6.08 Å². The Bertz CT molecular complexity index is 1630. The van der Waals surface area contributed by atoms with Gasteiger partial charge in [0.15, 0.2) is 0 Å². The van der Waals surface area contributed by atoms with Crippen molar-refractivity contribution in [2.45, 2.75) is 77.5 Å². The molecule has 7 nitrogen and oxygen atoms in total. The first kappa shape index (κ1) is 34.3. The SMILES string of the molecule is CCC/C(=C\c1ccc(CO)o1)CC[C@H]1OC[C@H]2C1=C(CO[Si](c1ccccc1)(c1ccccc1)C(C)(C)C)C[C@H]1C(=O)N(C)C(=O)[C@H]12. The van der Waals surface area contributed by atoms with E-state index in [1.165, 1.54) is 26.4 Å². The van der Waals surface area contributed by atoms with Crippen molar-refractivity contribution < 1.29 is 28.3 Å². The van der Waals surface area contributed by atoms with E-state index in [1.54, 1.807) is 13.1 Å². The van der Waals surface area contributed by atoms with Gasteiger partial charge in [-0.3, -0.25) is 14.5 Å². The van der Waals surface area contributed by atoms with Gasteiger partial charge in [-0.1, -0.05) is 100 Å². The van der Waals surface area contributed by atoms with Gasteiger partial charge < -0.3 is 18.7 Å². The Labute approximate surface area is 285 Å². The van der Waals surface area contributed by atoms with Gasteiger partial charge in [0.25, 0.3) is 8.32 Å². The molecule has 2 aromatic carbocycles. The summed E-state index contributed by atoms with van der Waals surface area (Å²) in [5, 5.41) is 11.7. The number of imide groups is 1. The van der Waals surface area contributed by atoms with Gasteiger partial charge in [-0.05, 0) is 70.4 Å². The zero-order valence-electron chi connectivity index (χ0n) is 28.9. The van der Waals surface area contributed by atoms with E-state index in [1.807, 2.05) is 18.2 Å². The second-order valence-electron chi connectivity index (χ2n) is 14.6. The molecule has 6 rings (SSSR count). The Kier molecular flexibility index (Phi) is 10.1. The molecule has 2 aliphatic heterocycles. The monoisotopic (exact) mass is 667 g/mol. The van der Waals surface area contributed by atoms with Gasteiger partial charge in [-0.15, -0.1) is 0 Å². The van der Waals surface area contributed by atoms with E-state index < -0.39 is 8.32 Å². The summed E-state index contributed by atoms with van der Waals surface area (Å²) in [5.74, 6) is 0.203. The molecule has 2 amide bonds. The Morgan fingerprint density at radius 1 is 0.958 bits per heavy atom. The number of hydrogen-bond donors (Lipinski definition) is 1. The lowest BCUT2D eigenvalue weighted by molar-refractivity contribution is -0.138. The molecule has 4 atom stereocenters. The number of benzene rings is 2. The van der Waals surface area contributed by atoms with Gasteiger partial charge in [0.1, 0.15) is 18.1 Å². The Morgan fingerprint density at radius 3 is 2.21 bits per heavy atom.